The van der Waals surface area contributed by atoms with Gasteiger partial charge < -0.3 is 5.73 Å². The molecule has 1 aliphatic rings. The van der Waals surface area contributed by atoms with Crippen molar-refractivity contribution in [2.24, 2.45) is 16.0 Å². The second kappa shape index (κ2) is 8.41. The van der Waals surface area contributed by atoms with Crippen LogP contribution < -0.4 is 5.73 Å². The number of hydrogen-bond acceptors (Lipinski definition) is 4. The molecule has 0 heterocycles. The summed E-state index contributed by atoms with van der Waals surface area (Å²) in [5.74, 6) is 0.00581. The molecule has 2 N–H and O–H groups in total. The second-order valence-corrected chi connectivity index (χ2v) is 5.71. The van der Waals surface area contributed by atoms with Gasteiger partial charge in [0.1, 0.15) is 0 Å². The predicted octanol–water partition coefficient (Wildman–Crippen LogP) is 3.73. The summed E-state index contributed by atoms with van der Waals surface area (Å²) < 4.78 is 0. The number of primary amides is 1. The van der Waals surface area contributed by atoms with E-state index in [1.54, 1.807) is 0 Å². The number of amides is 1. The summed E-state index contributed by atoms with van der Waals surface area (Å²) in [5, 5.41) is 8.42. The number of aryl methyl sites for hydroxylation is 1. The van der Waals surface area contributed by atoms with E-state index < -0.39 is 0 Å². The highest BCUT2D eigenvalue weighted by atomic mass is 16.1. The first-order chi connectivity index (χ1) is 10.7. The van der Waals surface area contributed by atoms with E-state index in [-0.39, 0.29) is 11.7 Å². The van der Waals surface area contributed by atoms with Crippen molar-refractivity contribution in [2.75, 3.05) is 6.54 Å². The molecule has 2 rings (SSSR count). The maximum atomic E-state index is 11.7. The highest BCUT2D eigenvalue weighted by molar-refractivity contribution is 5.98. The van der Waals surface area contributed by atoms with E-state index >= 15 is 0 Å². The Balaban J connectivity index is 1.72. The normalized spacial score (nSPS) is 14.3. The number of nitrogens with two attached hydrogens (primary N) is 1. The van der Waals surface area contributed by atoms with Gasteiger partial charge in [0.2, 0.25) is 5.91 Å². The quantitative estimate of drug-likeness (QED) is 0.586. The minimum Gasteiger partial charge on any atom is -0.370 e. The fourth-order valence-corrected chi connectivity index (χ4v) is 2.66. The standard InChI is InChI=1S/C17H23N3O2/c18-17(22)8-3-1-2-4-11-19-20-14-9-10-15-13(12-14)6-5-7-16(15)21/h9-10,12H,1-8,11H2,(H2,18,22)/b20-19+. The molecule has 1 aromatic carbocycles. The lowest BCUT2D eigenvalue weighted by Gasteiger charge is -2.14. The van der Waals surface area contributed by atoms with Crippen molar-refractivity contribution in [3.05, 3.63) is 29.3 Å². The third-order valence-electron chi connectivity index (χ3n) is 3.86. The molecule has 22 heavy (non-hydrogen) atoms. The average molecular weight is 301 g/mol. The number of fused-ring (bicyclic) bond motifs is 1. The van der Waals surface area contributed by atoms with Gasteiger partial charge in [-0.3, -0.25) is 9.59 Å². The number of Topliss-reactive ketones (excluding diaryl/α,β-unsaturated/α-hetero) is 1. The first kappa shape index (κ1) is 16.3. The zero-order chi connectivity index (χ0) is 15.8. The van der Waals surface area contributed by atoms with E-state index in [9.17, 15) is 9.59 Å². The van der Waals surface area contributed by atoms with Gasteiger partial charge >= 0.3 is 0 Å². The van der Waals surface area contributed by atoms with Gasteiger partial charge in [-0.05, 0) is 49.4 Å². The lowest BCUT2D eigenvalue weighted by Crippen LogP contribution is -2.09. The molecule has 5 nitrogen and oxygen atoms in total. The van der Waals surface area contributed by atoms with Crippen LogP contribution in [-0.2, 0) is 11.2 Å². The number of nitrogens with zero attached hydrogens (tertiary/aromatic N) is 2. The third kappa shape index (κ3) is 5.06. The van der Waals surface area contributed by atoms with Gasteiger partial charge in [-0.25, -0.2) is 0 Å². The van der Waals surface area contributed by atoms with E-state index in [4.69, 9.17) is 5.73 Å². The summed E-state index contributed by atoms with van der Waals surface area (Å²) in [4.78, 5) is 22.3. The van der Waals surface area contributed by atoms with E-state index in [1.807, 2.05) is 18.2 Å². The first-order valence-electron chi connectivity index (χ1n) is 7.99. The number of ketones is 1. The van der Waals surface area contributed by atoms with Crippen LogP contribution in [0.3, 0.4) is 0 Å². The van der Waals surface area contributed by atoms with Crippen LogP contribution in [0.5, 0.6) is 0 Å². The predicted molar refractivity (Wildman–Crippen MR) is 85.4 cm³/mol. The Morgan fingerprint density at radius 1 is 1.14 bits per heavy atom. The van der Waals surface area contributed by atoms with Crippen LogP contribution in [-0.4, -0.2) is 18.2 Å². The molecule has 5 heteroatoms. The average Bonchev–Trinajstić information content (AvgIpc) is 2.50. The van der Waals surface area contributed by atoms with Gasteiger partial charge in [0.25, 0.3) is 0 Å². The van der Waals surface area contributed by atoms with E-state index in [0.717, 1.165) is 55.3 Å². The fraction of sp³-hybridized carbons (Fsp3) is 0.529. The molecule has 0 bridgehead atoms. The molecule has 0 radical (unpaired) electrons. The minimum atomic E-state index is -0.231. The van der Waals surface area contributed by atoms with Crippen LogP contribution >= 0.6 is 0 Å². The highest BCUT2D eigenvalue weighted by Crippen LogP contribution is 2.25. The zero-order valence-corrected chi connectivity index (χ0v) is 12.9. The SMILES string of the molecule is NC(=O)CCCCCC/N=N/c1ccc2c(c1)CCCC2=O. The summed E-state index contributed by atoms with van der Waals surface area (Å²) in [6.07, 6.45) is 6.85. The van der Waals surface area contributed by atoms with Crippen molar-refractivity contribution in [3.63, 3.8) is 0 Å². The van der Waals surface area contributed by atoms with Gasteiger partial charge in [-0.2, -0.15) is 10.2 Å². The molecule has 0 spiro atoms. The van der Waals surface area contributed by atoms with Crippen molar-refractivity contribution in [1.82, 2.24) is 0 Å². The Hall–Kier alpha value is -2.04. The molecule has 1 amide bonds. The number of unbranched alkanes of at least 4 members (excludes halogenated alkanes) is 3. The Morgan fingerprint density at radius 3 is 2.77 bits per heavy atom. The van der Waals surface area contributed by atoms with Crippen LogP contribution in [0, 0.1) is 0 Å². The molecular weight excluding hydrogens is 278 g/mol. The number of rotatable bonds is 8. The number of azo groups is 1. The van der Waals surface area contributed by atoms with Crippen LogP contribution in [0.25, 0.3) is 0 Å². The summed E-state index contributed by atoms with van der Waals surface area (Å²) in [6, 6.07) is 5.70. The second-order valence-electron chi connectivity index (χ2n) is 5.71. The lowest BCUT2D eigenvalue weighted by molar-refractivity contribution is -0.118. The van der Waals surface area contributed by atoms with Gasteiger partial charge in [-0.1, -0.05) is 12.8 Å². The van der Waals surface area contributed by atoms with Gasteiger partial charge in [-0.15, -0.1) is 0 Å². The number of carbonyl (C=O) groups excluding carboxylic acids is 2. The smallest absolute Gasteiger partial charge is 0.217 e. The first-order valence-corrected chi connectivity index (χ1v) is 7.99. The molecule has 118 valence electrons. The summed E-state index contributed by atoms with van der Waals surface area (Å²) >= 11 is 0. The van der Waals surface area contributed by atoms with Gasteiger partial charge in [0, 0.05) is 18.4 Å². The molecule has 1 aliphatic carbocycles. The molecule has 0 atom stereocenters. The number of hydrogen-bond donors (Lipinski definition) is 1. The van der Waals surface area contributed by atoms with Crippen LogP contribution in [0.1, 0.15) is 60.9 Å². The van der Waals surface area contributed by atoms with Gasteiger partial charge in [0.05, 0.1) is 12.2 Å². The Bertz CT molecular complexity index is 567. The fourth-order valence-electron chi connectivity index (χ4n) is 2.66. The topological polar surface area (TPSA) is 84.9 Å². The van der Waals surface area contributed by atoms with Crippen molar-refractivity contribution in [1.29, 1.82) is 0 Å². The number of carbonyl (C=O) groups is 2. The molecule has 1 aromatic rings. The minimum absolute atomic E-state index is 0.231. The van der Waals surface area contributed by atoms with Crippen molar-refractivity contribution in [3.8, 4) is 0 Å². The monoisotopic (exact) mass is 301 g/mol. The third-order valence-corrected chi connectivity index (χ3v) is 3.86. The Labute approximate surface area is 131 Å². The maximum absolute atomic E-state index is 11.7. The summed E-state index contributed by atoms with van der Waals surface area (Å²) in [7, 11) is 0. The zero-order valence-electron chi connectivity index (χ0n) is 12.9. The van der Waals surface area contributed by atoms with Crippen molar-refractivity contribution < 1.29 is 9.59 Å². The Kier molecular flexibility index (Phi) is 6.25. The molecular formula is C17H23N3O2. The number of benzene rings is 1. The molecule has 0 aromatic heterocycles. The van der Waals surface area contributed by atoms with E-state index in [2.05, 4.69) is 10.2 Å². The van der Waals surface area contributed by atoms with Crippen LogP contribution in [0.2, 0.25) is 0 Å². The van der Waals surface area contributed by atoms with Crippen molar-refractivity contribution >= 4 is 17.4 Å². The van der Waals surface area contributed by atoms with Crippen molar-refractivity contribution in [2.45, 2.75) is 51.4 Å². The largest absolute Gasteiger partial charge is 0.370 e. The van der Waals surface area contributed by atoms with Crippen LogP contribution in [0.15, 0.2) is 28.4 Å². The molecule has 0 unspecified atom stereocenters. The maximum Gasteiger partial charge on any atom is 0.217 e. The lowest BCUT2D eigenvalue weighted by atomic mass is 9.90. The molecule has 0 fully saturated rings. The van der Waals surface area contributed by atoms with Gasteiger partial charge in [0.15, 0.2) is 5.78 Å². The highest BCUT2D eigenvalue weighted by Gasteiger charge is 2.16. The molecule has 0 aliphatic heterocycles. The van der Waals surface area contributed by atoms with E-state index in [0.29, 0.717) is 19.4 Å². The van der Waals surface area contributed by atoms with E-state index in [1.165, 1.54) is 0 Å². The molecule has 0 saturated carbocycles. The Morgan fingerprint density at radius 2 is 1.95 bits per heavy atom. The van der Waals surface area contributed by atoms with Crippen LogP contribution in [0.4, 0.5) is 5.69 Å². The molecule has 0 saturated heterocycles. The summed E-state index contributed by atoms with van der Waals surface area (Å²) in [6.45, 7) is 0.687. The summed E-state index contributed by atoms with van der Waals surface area (Å²) in [5.41, 5.74) is 7.85.